The molecule has 0 spiro atoms. The molecule has 1 atom stereocenters. The highest BCUT2D eigenvalue weighted by Gasteiger charge is 2.50. The molecular weight excluding hydrogens is 390 g/mol. The Balaban J connectivity index is 0.000000322. The van der Waals surface area contributed by atoms with Gasteiger partial charge >= 0.3 is 16.5 Å². The van der Waals surface area contributed by atoms with Crippen molar-refractivity contribution >= 4 is 52.4 Å². The summed E-state index contributed by atoms with van der Waals surface area (Å²) in [5, 5.41) is 0.743. The van der Waals surface area contributed by atoms with E-state index in [0.717, 1.165) is 12.6 Å². The second-order valence-electron chi connectivity index (χ2n) is 4.42. The Morgan fingerprint density at radius 2 is 1.78 bits per heavy atom. The fourth-order valence-electron chi connectivity index (χ4n) is 1.72. The molecule has 2 aliphatic heterocycles. The third kappa shape index (κ3) is 5.59. The smallest absolute Gasteiger partial charge is 0.390 e. The van der Waals surface area contributed by atoms with Gasteiger partial charge in [-0.3, -0.25) is 4.79 Å². The number of nitrogens with zero attached hydrogens (tertiary/aromatic N) is 2. The van der Waals surface area contributed by atoms with Gasteiger partial charge in [0.25, 0.3) is 11.5 Å². The van der Waals surface area contributed by atoms with Crippen molar-refractivity contribution < 1.29 is 32.3 Å². The molecule has 2 rings (SSSR count). The first-order valence-electron chi connectivity index (χ1n) is 5.92. The zero-order chi connectivity index (χ0) is 18.0. The van der Waals surface area contributed by atoms with E-state index in [0.29, 0.717) is 18.8 Å². The Kier molecular flexibility index (Phi) is 6.42. The predicted octanol–water partition coefficient (Wildman–Crippen LogP) is 1.75. The van der Waals surface area contributed by atoms with Crippen LogP contribution in [0.2, 0.25) is 0 Å². The maximum Gasteiger partial charge on any atom is 0.390 e. The van der Waals surface area contributed by atoms with Crippen LogP contribution in [0.1, 0.15) is 12.8 Å². The number of fused-ring (bicyclic) bond motifs is 1. The molecule has 1 saturated heterocycles. The number of carbonyl (C=O) groups excluding carboxylic acids is 2. The van der Waals surface area contributed by atoms with Gasteiger partial charge in [0.1, 0.15) is 12.2 Å². The van der Waals surface area contributed by atoms with Crippen LogP contribution in [0, 0.1) is 0 Å². The van der Waals surface area contributed by atoms with E-state index in [9.17, 15) is 22.4 Å². The van der Waals surface area contributed by atoms with Crippen molar-refractivity contribution in [3.8, 4) is 0 Å². The van der Waals surface area contributed by atoms with Gasteiger partial charge in [-0.25, -0.2) is 0 Å². The van der Waals surface area contributed by atoms with E-state index in [2.05, 4.69) is 16.6 Å². The first-order chi connectivity index (χ1) is 10.3. The van der Waals surface area contributed by atoms with Gasteiger partial charge in [0, 0.05) is 6.42 Å². The number of hydrogen-bond acceptors (Lipinski definition) is 5. The zero-order valence-electron chi connectivity index (χ0n) is 11.0. The number of aliphatic carboxylic acids is 1. The minimum Gasteiger partial charge on any atom is -0.543 e. The first-order valence-corrected chi connectivity index (χ1v) is 7.11. The molecule has 0 aromatic rings. The molecule has 5 nitrogen and oxygen atoms in total. The predicted molar refractivity (Wildman–Crippen MR) is 73.0 cm³/mol. The van der Waals surface area contributed by atoms with Crippen molar-refractivity contribution in [3.63, 3.8) is 0 Å². The quantitative estimate of drug-likeness (QED) is 0.413. The van der Waals surface area contributed by atoms with Crippen LogP contribution in [0.4, 0.5) is 17.6 Å². The molecule has 129 valence electrons. The molecule has 0 bridgehead atoms. The molecule has 12 heteroatoms. The molecule has 2 aliphatic rings. The number of alkyl halides is 7. The van der Waals surface area contributed by atoms with Crippen LogP contribution in [0.25, 0.3) is 0 Å². The van der Waals surface area contributed by atoms with Gasteiger partial charge in [-0.05, 0) is 29.6 Å². The lowest BCUT2D eigenvalue weighted by atomic mass is 10.1. The van der Waals surface area contributed by atoms with Crippen molar-refractivity contribution in [2.45, 2.75) is 29.0 Å². The van der Waals surface area contributed by atoms with Gasteiger partial charge in [-0.2, -0.15) is 22.6 Å². The molecule has 1 fully saturated rings. The maximum absolute atomic E-state index is 12.7. The Morgan fingerprint density at radius 1 is 1.26 bits per heavy atom. The normalized spacial score (nSPS) is 21.6. The highest BCUT2D eigenvalue weighted by molar-refractivity contribution is 6.35. The molecule has 0 aromatic carbocycles. The van der Waals surface area contributed by atoms with Crippen LogP contribution < -0.4 is 10.0 Å². The summed E-state index contributed by atoms with van der Waals surface area (Å²) in [6.07, 6.45) is 2.43. The highest BCUT2D eigenvalue weighted by atomic mass is 35.5. The Hall–Kier alpha value is -0.900. The van der Waals surface area contributed by atoms with Crippen LogP contribution in [0.3, 0.4) is 0 Å². The summed E-state index contributed by atoms with van der Waals surface area (Å²) in [6, 6.07) is 0. The minimum atomic E-state index is -4.22. The van der Waals surface area contributed by atoms with Crippen LogP contribution >= 0.6 is 34.8 Å². The van der Waals surface area contributed by atoms with Gasteiger partial charge in [0.05, 0.1) is 5.38 Å². The van der Waals surface area contributed by atoms with Gasteiger partial charge < -0.3 is 9.90 Å². The molecular formula is C11H8Cl3F4N2O3. The molecule has 1 radical (unpaired) electrons. The third-order valence-corrected chi connectivity index (χ3v) is 3.40. The minimum absolute atomic E-state index is 0.169. The summed E-state index contributed by atoms with van der Waals surface area (Å²) in [4.78, 5) is 25.7. The van der Waals surface area contributed by atoms with Crippen LogP contribution in [0.5, 0.6) is 0 Å². The topological polar surface area (TPSA) is 75.5 Å². The first kappa shape index (κ1) is 20.1. The molecule has 0 aromatic heterocycles. The number of halogens is 7. The molecule has 0 N–H and O–H groups in total. The fraction of sp³-hybridized carbons (Fsp3) is 0.545. The summed E-state index contributed by atoms with van der Waals surface area (Å²) in [5.74, 6) is -3.41. The van der Waals surface area contributed by atoms with Gasteiger partial charge in [-0.15, -0.1) is 11.6 Å². The Labute approximate surface area is 142 Å². The molecule has 0 amide bonds. The van der Waals surface area contributed by atoms with E-state index in [1.54, 1.807) is 0 Å². The monoisotopic (exact) mass is 397 g/mol. The lowest BCUT2D eigenvalue weighted by molar-refractivity contribution is -0.321. The van der Waals surface area contributed by atoms with Crippen molar-refractivity contribution in [2.75, 3.05) is 6.54 Å². The van der Waals surface area contributed by atoms with Gasteiger partial charge in [0.2, 0.25) is 0 Å². The van der Waals surface area contributed by atoms with Crippen molar-refractivity contribution in [1.82, 2.24) is 4.90 Å². The summed E-state index contributed by atoms with van der Waals surface area (Å²) in [7, 11) is 0. The highest BCUT2D eigenvalue weighted by Crippen LogP contribution is 2.30. The van der Waals surface area contributed by atoms with E-state index in [4.69, 9.17) is 33.1 Å². The number of allylic oxidation sites excluding steroid dienone is 1. The van der Waals surface area contributed by atoms with E-state index in [1.807, 2.05) is 0 Å². The van der Waals surface area contributed by atoms with E-state index >= 15 is 0 Å². The number of aliphatic imine (C=N–C) groups is 1. The summed E-state index contributed by atoms with van der Waals surface area (Å²) < 4.78 is 47.3. The van der Waals surface area contributed by atoms with E-state index < -0.39 is 22.5 Å². The molecule has 0 saturated carbocycles. The summed E-state index contributed by atoms with van der Waals surface area (Å²) in [5.41, 5.74) is -0.180. The standard InChI is InChI=1S/C9H8Cl2F2N2O.C2HClF2O2/c10-5-1-2-7-14-3-6(15(7)4-5)8(16)9(11,12)13;3-2(4,5)1(6)7/h3,5H,1-2,4H2;(H,6,7)/q+1;/p-1. The number of ketones is 1. The molecule has 0 aliphatic carbocycles. The van der Waals surface area contributed by atoms with E-state index in [-0.39, 0.29) is 11.1 Å². The largest absolute Gasteiger partial charge is 0.543 e. The lowest BCUT2D eigenvalue weighted by Gasteiger charge is -2.19. The number of amidine groups is 1. The maximum atomic E-state index is 12.7. The van der Waals surface area contributed by atoms with Gasteiger partial charge in [-0.1, -0.05) is 4.90 Å². The molecule has 23 heavy (non-hydrogen) atoms. The average Bonchev–Trinajstić information content (AvgIpc) is 2.79. The molecule has 1 unspecified atom stereocenters. The van der Waals surface area contributed by atoms with Crippen LogP contribution in [-0.4, -0.2) is 40.3 Å². The fourth-order valence-corrected chi connectivity index (χ4v) is 2.06. The van der Waals surface area contributed by atoms with Crippen molar-refractivity contribution in [2.24, 2.45) is 4.99 Å². The number of carboxylic acids is 1. The van der Waals surface area contributed by atoms with Crippen LogP contribution in [-0.2, 0) is 9.59 Å². The Morgan fingerprint density at radius 3 is 2.22 bits per heavy atom. The summed E-state index contributed by atoms with van der Waals surface area (Å²) >= 11 is 14.5. The van der Waals surface area contributed by atoms with Crippen molar-refractivity contribution in [3.05, 3.63) is 11.9 Å². The average molecular weight is 399 g/mol. The second-order valence-corrected chi connectivity index (χ2v) is 5.98. The van der Waals surface area contributed by atoms with E-state index in [1.165, 1.54) is 4.90 Å². The second kappa shape index (κ2) is 7.33. The zero-order valence-corrected chi connectivity index (χ0v) is 13.3. The number of Topliss-reactive ketones (excluding diaryl/α,β-unsaturated/α-hetero) is 1. The number of carboxylic acid groups (broad SMARTS) is 1. The third-order valence-electron chi connectivity index (χ3n) is 2.72. The van der Waals surface area contributed by atoms with Crippen molar-refractivity contribution in [1.29, 1.82) is 0 Å². The number of carbonyl (C=O) groups is 2. The number of hydrogen-bond donors (Lipinski definition) is 0. The lowest BCUT2D eigenvalue weighted by Crippen LogP contribution is -2.46. The SMILES string of the molecule is O=C(C1=CN=C2CCC(Cl)C[N+]12)C(F)(F)Cl.O=C([O-])C(F)(F)Cl. The van der Waals surface area contributed by atoms with Crippen LogP contribution in [0.15, 0.2) is 16.9 Å². The number of rotatable bonds is 3. The summed E-state index contributed by atoms with van der Waals surface area (Å²) in [6.45, 7) is 0.310. The number of piperidine rings is 1. The Bertz CT molecular complexity index is 558. The molecule has 2 heterocycles. The van der Waals surface area contributed by atoms with Gasteiger partial charge in [0.15, 0.2) is 6.54 Å².